The van der Waals surface area contributed by atoms with Gasteiger partial charge in [-0.3, -0.25) is 0 Å². The van der Waals surface area contributed by atoms with E-state index >= 15 is 0 Å². The Morgan fingerprint density at radius 1 is 0.636 bits per heavy atom. The molecule has 0 bridgehead atoms. The van der Waals surface area contributed by atoms with Crippen molar-refractivity contribution in [3.05, 3.63) is 84.2 Å². The molecule has 0 amide bonds. The summed E-state index contributed by atoms with van der Waals surface area (Å²) in [6.07, 6.45) is 2.03. The number of benzene rings is 2. The lowest BCUT2D eigenvalue weighted by atomic mass is 10.0. The molecule has 110 valence electrons. The molecule has 0 saturated carbocycles. The van der Waals surface area contributed by atoms with E-state index in [4.69, 9.17) is 0 Å². The lowest BCUT2D eigenvalue weighted by Gasteiger charge is -2.10. The van der Waals surface area contributed by atoms with Crippen molar-refractivity contribution in [3.8, 4) is 16.8 Å². The van der Waals surface area contributed by atoms with Crippen LogP contribution in [0.25, 0.3) is 16.8 Å². The quantitative estimate of drug-likeness (QED) is 0.610. The van der Waals surface area contributed by atoms with E-state index in [0.29, 0.717) is 0 Å². The molecule has 1 nitrogen and oxygen atoms in total. The fourth-order valence-corrected chi connectivity index (χ4v) is 2.94. The first-order valence-corrected chi connectivity index (χ1v) is 8.02. The molecule has 0 spiro atoms. The van der Waals surface area contributed by atoms with E-state index < -0.39 is 0 Å². The maximum Gasteiger partial charge on any atom is 0.211 e. The lowest BCUT2D eigenvalue weighted by molar-refractivity contribution is -0.612. The third-order valence-electron chi connectivity index (χ3n) is 4.06. The van der Waals surface area contributed by atoms with Crippen molar-refractivity contribution in [3.63, 3.8) is 0 Å². The number of aryl methyl sites for hydroxylation is 2. The summed E-state index contributed by atoms with van der Waals surface area (Å²) in [4.78, 5) is 0. The van der Waals surface area contributed by atoms with Crippen LogP contribution in [0.2, 0.25) is 0 Å². The van der Waals surface area contributed by atoms with E-state index in [0.717, 1.165) is 12.8 Å². The molecule has 3 aromatic rings. The standard InChI is InChI=1S/C21H22N/c1-3-19-15-18(17-11-7-5-8-12-17)16-20(4-2)22(19)21-13-9-6-10-14-21/h5-16H,3-4H2,1-2H3/q+1. The molecule has 0 aliphatic heterocycles. The number of rotatable bonds is 4. The molecule has 0 radical (unpaired) electrons. The Morgan fingerprint density at radius 3 is 1.64 bits per heavy atom. The normalized spacial score (nSPS) is 10.6. The summed E-state index contributed by atoms with van der Waals surface area (Å²) in [6, 6.07) is 25.9. The Morgan fingerprint density at radius 2 is 1.14 bits per heavy atom. The van der Waals surface area contributed by atoms with Gasteiger partial charge in [0.25, 0.3) is 0 Å². The van der Waals surface area contributed by atoms with Gasteiger partial charge in [-0.25, -0.2) is 0 Å². The van der Waals surface area contributed by atoms with Gasteiger partial charge in [-0.1, -0.05) is 62.4 Å². The van der Waals surface area contributed by atoms with Crippen molar-refractivity contribution in [1.82, 2.24) is 0 Å². The highest BCUT2D eigenvalue weighted by atomic mass is 15.0. The zero-order valence-electron chi connectivity index (χ0n) is 13.3. The van der Waals surface area contributed by atoms with Crippen LogP contribution in [0.3, 0.4) is 0 Å². The first-order chi connectivity index (χ1) is 10.8. The second-order valence-electron chi connectivity index (χ2n) is 5.47. The van der Waals surface area contributed by atoms with Crippen LogP contribution in [-0.2, 0) is 12.8 Å². The highest BCUT2D eigenvalue weighted by Gasteiger charge is 2.19. The van der Waals surface area contributed by atoms with Crippen molar-refractivity contribution in [2.45, 2.75) is 26.7 Å². The van der Waals surface area contributed by atoms with E-state index in [1.165, 1.54) is 28.2 Å². The third kappa shape index (κ3) is 2.80. The molecule has 3 rings (SSSR count). The van der Waals surface area contributed by atoms with Crippen LogP contribution in [0.1, 0.15) is 25.2 Å². The summed E-state index contributed by atoms with van der Waals surface area (Å²) >= 11 is 0. The van der Waals surface area contributed by atoms with Crippen molar-refractivity contribution in [1.29, 1.82) is 0 Å². The number of hydrogen-bond donors (Lipinski definition) is 0. The average Bonchev–Trinajstić information content (AvgIpc) is 2.62. The van der Waals surface area contributed by atoms with E-state index in [2.05, 4.69) is 91.2 Å². The molecular weight excluding hydrogens is 266 g/mol. The van der Waals surface area contributed by atoms with Crippen molar-refractivity contribution in [2.75, 3.05) is 0 Å². The molecule has 0 N–H and O–H groups in total. The first kappa shape index (κ1) is 14.5. The van der Waals surface area contributed by atoms with Gasteiger partial charge in [0.2, 0.25) is 5.69 Å². The summed E-state index contributed by atoms with van der Waals surface area (Å²) < 4.78 is 2.40. The van der Waals surface area contributed by atoms with Gasteiger partial charge in [0.1, 0.15) is 0 Å². The van der Waals surface area contributed by atoms with Crippen LogP contribution in [0.4, 0.5) is 0 Å². The molecule has 0 atom stereocenters. The number of aromatic nitrogens is 1. The second kappa shape index (κ2) is 6.57. The maximum absolute atomic E-state index is 2.40. The van der Waals surface area contributed by atoms with Gasteiger partial charge in [-0.2, -0.15) is 4.57 Å². The molecule has 0 aliphatic carbocycles. The molecular formula is C21H22N+. The molecule has 0 aliphatic rings. The molecule has 1 heterocycles. The fourth-order valence-electron chi connectivity index (χ4n) is 2.94. The number of pyridine rings is 1. The number of nitrogens with zero attached hydrogens (tertiary/aromatic N) is 1. The summed E-state index contributed by atoms with van der Waals surface area (Å²) in [5.74, 6) is 0. The van der Waals surface area contributed by atoms with Crippen LogP contribution in [0, 0.1) is 0 Å². The first-order valence-electron chi connectivity index (χ1n) is 8.02. The highest BCUT2D eigenvalue weighted by Crippen LogP contribution is 2.21. The summed E-state index contributed by atoms with van der Waals surface area (Å²) in [7, 11) is 0. The molecule has 0 saturated heterocycles. The largest absolute Gasteiger partial charge is 0.211 e. The molecule has 1 aromatic heterocycles. The molecule has 1 heteroatoms. The SMILES string of the molecule is CCc1cc(-c2ccccc2)cc(CC)[n+]1-c1ccccc1. The van der Waals surface area contributed by atoms with Gasteiger partial charge in [0.05, 0.1) is 0 Å². The summed E-state index contributed by atoms with van der Waals surface area (Å²) in [5.41, 5.74) is 6.54. The Balaban J connectivity index is 2.20. The zero-order valence-corrected chi connectivity index (χ0v) is 13.3. The monoisotopic (exact) mass is 288 g/mol. The van der Waals surface area contributed by atoms with E-state index in [-0.39, 0.29) is 0 Å². The smallest absolute Gasteiger partial charge is 0.162 e. The second-order valence-corrected chi connectivity index (χ2v) is 5.47. The Bertz CT molecular complexity index is 720. The van der Waals surface area contributed by atoms with Crippen molar-refractivity contribution >= 4 is 0 Å². The Hall–Kier alpha value is -2.41. The number of para-hydroxylation sites is 1. The van der Waals surface area contributed by atoms with Crippen LogP contribution >= 0.6 is 0 Å². The topological polar surface area (TPSA) is 3.88 Å². The maximum atomic E-state index is 2.40. The third-order valence-corrected chi connectivity index (χ3v) is 4.06. The van der Waals surface area contributed by atoms with Crippen LogP contribution < -0.4 is 4.57 Å². The zero-order chi connectivity index (χ0) is 15.4. The van der Waals surface area contributed by atoms with E-state index in [9.17, 15) is 0 Å². The van der Waals surface area contributed by atoms with Gasteiger partial charge >= 0.3 is 0 Å². The summed E-state index contributed by atoms with van der Waals surface area (Å²) in [6.45, 7) is 4.45. The minimum Gasteiger partial charge on any atom is -0.162 e. The van der Waals surface area contributed by atoms with E-state index in [1.807, 2.05) is 0 Å². The Kier molecular flexibility index (Phi) is 4.34. The Labute approximate surface area is 132 Å². The lowest BCUT2D eigenvalue weighted by Crippen LogP contribution is -2.40. The van der Waals surface area contributed by atoms with Gasteiger partial charge in [0.15, 0.2) is 11.4 Å². The van der Waals surface area contributed by atoms with Gasteiger partial charge in [-0.05, 0) is 11.1 Å². The minimum absolute atomic E-state index is 1.02. The van der Waals surface area contributed by atoms with Crippen LogP contribution in [-0.4, -0.2) is 0 Å². The highest BCUT2D eigenvalue weighted by molar-refractivity contribution is 5.63. The number of hydrogen-bond acceptors (Lipinski definition) is 0. The molecule has 0 fully saturated rings. The van der Waals surface area contributed by atoms with Gasteiger partial charge in [0, 0.05) is 37.1 Å². The van der Waals surface area contributed by atoms with E-state index in [1.54, 1.807) is 0 Å². The molecule has 2 aromatic carbocycles. The molecule has 0 unspecified atom stereocenters. The summed E-state index contributed by atoms with van der Waals surface area (Å²) in [5, 5.41) is 0. The predicted octanol–water partition coefficient (Wildman–Crippen LogP) is 4.76. The predicted molar refractivity (Wildman–Crippen MR) is 92.2 cm³/mol. The van der Waals surface area contributed by atoms with Gasteiger partial charge in [-0.15, -0.1) is 0 Å². The fraction of sp³-hybridized carbons (Fsp3) is 0.190. The minimum atomic E-state index is 1.02. The average molecular weight is 288 g/mol. The molecule has 22 heavy (non-hydrogen) atoms. The van der Waals surface area contributed by atoms with Crippen LogP contribution in [0.5, 0.6) is 0 Å². The van der Waals surface area contributed by atoms with Gasteiger partial charge < -0.3 is 0 Å². The van der Waals surface area contributed by atoms with Crippen molar-refractivity contribution in [2.24, 2.45) is 0 Å². The van der Waals surface area contributed by atoms with Crippen molar-refractivity contribution < 1.29 is 4.57 Å². The van der Waals surface area contributed by atoms with Crippen LogP contribution in [0.15, 0.2) is 72.8 Å².